The summed E-state index contributed by atoms with van der Waals surface area (Å²) in [5.41, 5.74) is 1.28. The molecule has 1 heterocycles. The van der Waals surface area contributed by atoms with E-state index >= 15 is 0 Å². The van der Waals surface area contributed by atoms with Gasteiger partial charge in [0.2, 0.25) is 5.91 Å². The highest BCUT2D eigenvalue weighted by molar-refractivity contribution is 5.94. The number of amides is 1. The predicted molar refractivity (Wildman–Crippen MR) is 96.4 cm³/mol. The summed E-state index contributed by atoms with van der Waals surface area (Å²) in [7, 11) is 0. The summed E-state index contributed by atoms with van der Waals surface area (Å²) in [6, 6.07) is 12.9. The van der Waals surface area contributed by atoms with Crippen molar-refractivity contribution in [1.82, 2.24) is 4.90 Å². The van der Waals surface area contributed by atoms with Crippen molar-refractivity contribution in [1.29, 1.82) is 0 Å². The van der Waals surface area contributed by atoms with Crippen LogP contribution in [-0.2, 0) is 4.79 Å². The predicted octanol–water partition coefficient (Wildman–Crippen LogP) is 2.68. The molecule has 0 aromatic heterocycles. The van der Waals surface area contributed by atoms with Crippen molar-refractivity contribution in [2.45, 2.75) is 13.0 Å². The van der Waals surface area contributed by atoms with Gasteiger partial charge in [0.25, 0.3) is 0 Å². The molecule has 25 heavy (non-hydrogen) atoms. The van der Waals surface area contributed by atoms with Crippen molar-refractivity contribution in [2.75, 3.05) is 36.4 Å². The molecule has 1 aliphatic heterocycles. The number of benzene rings is 2. The van der Waals surface area contributed by atoms with Crippen molar-refractivity contribution in [3.63, 3.8) is 0 Å². The van der Waals surface area contributed by atoms with Crippen LogP contribution in [-0.4, -0.2) is 48.1 Å². The number of anilines is 2. The topological polar surface area (TPSA) is 55.8 Å². The average Bonchev–Trinajstić information content (AvgIpc) is 2.62. The van der Waals surface area contributed by atoms with Gasteiger partial charge in [-0.2, -0.15) is 0 Å². The molecular weight excluding hydrogens is 321 g/mol. The maximum atomic E-state index is 13.2. The van der Waals surface area contributed by atoms with E-state index < -0.39 is 0 Å². The van der Waals surface area contributed by atoms with Gasteiger partial charge < -0.3 is 15.3 Å². The van der Waals surface area contributed by atoms with E-state index in [2.05, 4.69) is 15.1 Å². The smallest absolute Gasteiger partial charge is 0.241 e. The number of hydrogen-bond acceptors (Lipinski definition) is 4. The van der Waals surface area contributed by atoms with Gasteiger partial charge in [-0.25, -0.2) is 4.39 Å². The van der Waals surface area contributed by atoms with Gasteiger partial charge in [-0.15, -0.1) is 0 Å². The van der Waals surface area contributed by atoms with E-state index in [1.54, 1.807) is 24.3 Å². The molecule has 1 amide bonds. The van der Waals surface area contributed by atoms with Gasteiger partial charge in [0.05, 0.1) is 11.7 Å². The first-order valence-corrected chi connectivity index (χ1v) is 8.38. The Bertz CT molecular complexity index is 745. The maximum absolute atomic E-state index is 13.2. The number of aromatic hydroxyl groups is 1. The largest absolute Gasteiger partial charge is 0.506 e. The zero-order valence-electron chi connectivity index (χ0n) is 14.2. The van der Waals surface area contributed by atoms with Gasteiger partial charge in [0.1, 0.15) is 11.6 Å². The van der Waals surface area contributed by atoms with Crippen LogP contribution in [0.25, 0.3) is 0 Å². The van der Waals surface area contributed by atoms with Crippen LogP contribution in [0.1, 0.15) is 6.92 Å². The lowest BCUT2D eigenvalue weighted by Gasteiger charge is -2.38. The molecule has 1 saturated heterocycles. The molecule has 0 unspecified atom stereocenters. The van der Waals surface area contributed by atoms with Crippen LogP contribution in [0.15, 0.2) is 48.5 Å². The molecule has 3 rings (SSSR count). The van der Waals surface area contributed by atoms with E-state index in [4.69, 9.17) is 0 Å². The number of carbonyl (C=O) groups is 1. The molecule has 2 aromatic carbocycles. The maximum Gasteiger partial charge on any atom is 0.241 e. The first-order chi connectivity index (χ1) is 12.0. The summed E-state index contributed by atoms with van der Waals surface area (Å²) in [6.45, 7) is 4.74. The highest BCUT2D eigenvalue weighted by atomic mass is 19.1. The third-order valence-corrected chi connectivity index (χ3v) is 4.56. The molecule has 2 aromatic rings. The van der Waals surface area contributed by atoms with Crippen LogP contribution in [0, 0.1) is 5.82 Å². The summed E-state index contributed by atoms with van der Waals surface area (Å²) in [5.74, 6) is -0.254. The van der Waals surface area contributed by atoms with Gasteiger partial charge >= 0.3 is 0 Å². The summed E-state index contributed by atoms with van der Waals surface area (Å²) in [4.78, 5) is 16.6. The monoisotopic (exact) mass is 343 g/mol. The molecule has 0 bridgehead atoms. The quantitative estimate of drug-likeness (QED) is 0.896. The van der Waals surface area contributed by atoms with Gasteiger partial charge in [-0.3, -0.25) is 9.69 Å². The van der Waals surface area contributed by atoms with E-state index in [1.165, 1.54) is 12.1 Å². The zero-order valence-corrected chi connectivity index (χ0v) is 14.2. The van der Waals surface area contributed by atoms with E-state index in [0.29, 0.717) is 18.8 Å². The zero-order chi connectivity index (χ0) is 17.8. The van der Waals surface area contributed by atoms with Crippen LogP contribution < -0.4 is 10.2 Å². The van der Waals surface area contributed by atoms with Crippen LogP contribution in [0.3, 0.4) is 0 Å². The summed E-state index contributed by atoms with van der Waals surface area (Å²) in [5, 5.41) is 12.7. The molecule has 0 saturated carbocycles. The Hall–Kier alpha value is -2.60. The second-order valence-electron chi connectivity index (χ2n) is 6.19. The minimum atomic E-state index is -0.373. The summed E-state index contributed by atoms with van der Waals surface area (Å²) in [6.07, 6.45) is 0. The molecule has 1 aliphatic rings. The van der Waals surface area contributed by atoms with Crippen molar-refractivity contribution < 1.29 is 14.3 Å². The molecule has 6 heteroatoms. The number of halogens is 1. The molecule has 2 N–H and O–H groups in total. The number of piperazine rings is 1. The van der Waals surface area contributed by atoms with Gasteiger partial charge in [0.15, 0.2) is 0 Å². The van der Waals surface area contributed by atoms with Gasteiger partial charge in [0, 0.05) is 31.9 Å². The third-order valence-electron chi connectivity index (χ3n) is 4.56. The molecule has 0 aliphatic carbocycles. The molecule has 0 radical (unpaired) electrons. The number of hydrogen-bond donors (Lipinski definition) is 2. The number of para-hydroxylation sites is 2. The van der Waals surface area contributed by atoms with E-state index in [1.807, 2.05) is 19.1 Å². The second kappa shape index (κ2) is 7.53. The van der Waals surface area contributed by atoms with Crippen molar-refractivity contribution in [3.05, 3.63) is 54.3 Å². The Labute approximate surface area is 146 Å². The van der Waals surface area contributed by atoms with Crippen molar-refractivity contribution in [2.24, 2.45) is 0 Å². The van der Waals surface area contributed by atoms with E-state index in [-0.39, 0.29) is 23.5 Å². The number of nitrogens with zero attached hydrogens (tertiary/aromatic N) is 2. The molecule has 1 atom stereocenters. The molecule has 132 valence electrons. The molecule has 1 fully saturated rings. The van der Waals surface area contributed by atoms with Crippen LogP contribution in [0.5, 0.6) is 5.75 Å². The van der Waals surface area contributed by atoms with Crippen molar-refractivity contribution in [3.8, 4) is 5.75 Å². The van der Waals surface area contributed by atoms with Crippen LogP contribution in [0.4, 0.5) is 15.8 Å². The van der Waals surface area contributed by atoms with E-state index in [0.717, 1.165) is 18.8 Å². The number of rotatable bonds is 4. The van der Waals surface area contributed by atoms with Crippen LogP contribution in [0.2, 0.25) is 0 Å². The highest BCUT2D eigenvalue weighted by Crippen LogP contribution is 2.27. The highest BCUT2D eigenvalue weighted by Gasteiger charge is 2.26. The van der Waals surface area contributed by atoms with Gasteiger partial charge in [-0.05, 0) is 37.3 Å². The van der Waals surface area contributed by atoms with E-state index in [9.17, 15) is 14.3 Å². The first kappa shape index (κ1) is 17.2. The Morgan fingerprint density at radius 3 is 2.52 bits per heavy atom. The number of nitrogens with one attached hydrogen (secondary N) is 1. The normalized spacial score (nSPS) is 16.5. The minimum absolute atomic E-state index is 0.151. The first-order valence-electron chi connectivity index (χ1n) is 8.38. The summed E-state index contributed by atoms with van der Waals surface area (Å²) >= 11 is 0. The standard InChI is InChI=1S/C19H22FN3O2/c1-14(19(25)21-16-6-4-5-15(20)13-16)22-9-11-23(12-10-22)17-7-2-3-8-18(17)24/h2-8,13-14,24H,9-12H2,1H3,(H,21,25)/t14-/m1/s1. The molecular formula is C19H22FN3O2. The number of phenolic OH excluding ortho intramolecular Hbond substituents is 1. The van der Waals surface area contributed by atoms with Gasteiger partial charge in [-0.1, -0.05) is 18.2 Å². The Morgan fingerprint density at radius 2 is 1.84 bits per heavy atom. The Kier molecular flexibility index (Phi) is 5.19. The Balaban J connectivity index is 1.57. The van der Waals surface area contributed by atoms with Crippen LogP contribution >= 0.6 is 0 Å². The SMILES string of the molecule is C[C@H](C(=O)Nc1cccc(F)c1)N1CCN(c2ccccc2O)CC1. The lowest BCUT2D eigenvalue weighted by Crippen LogP contribution is -2.52. The number of phenols is 1. The molecule has 5 nitrogen and oxygen atoms in total. The summed E-state index contributed by atoms with van der Waals surface area (Å²) < 4.78 is 13.2. The fraction of sp³-hybridized carbons (Fsp3) is 0.316. The fourth-order valence-electron chi connectivity index (χ4n) is 3.06. The van der Waals surface area contributed by atoms with Crippen molar-refractivity contribution >= 4 is 17.3 Å². The molecule has 0 spiro atoms. The minimum Gasteiger partial charge on any atom is -0.506 e. The second-order valence-corrected chi connectivity index (χ2v) is 6.19. The third kappa shape index (κ3) is 4.09. The lowest BCUT2D eigenvalue weighted by atomic mass is 10.2. The lowest BCUT2D eigenvalue weighted by molar-refractivity contribution is -0.120. The average molecular weight is 343 g/mol. The number of carbonyl (C=O) groups excluding carboxylic acids is 1. The Morgan fingerprint density at radius 1 is 1.12 bits per heavy atom. The fourth-order valence-corrected chi connectivity index (χ4v) is 3.06.